The van der Waals surface area contributed by atoms with Gasteiger partial charge in [-0.05, 0) is 38.1 Å². The first-order valence-electron chi connectivity index (χ1n) is 8.51. The average molecular weight is 374 g/mol. The summed E-state index contributed by atoms with van der Waals surface area (Å²) in [6, 6.07) is 13.6. The molecule has 0 aliphatic carbocycles. The normalized spacial score (nSPS) is 16.6. The minimum atomic E-state index is -3.74. The van der Waals surface area contributed by atoms with Gasteiger partial charge in [0.2, 0.25) is 5.91 Å². The molecular formula is C19H22N2O4S. The summed E-state index contributed by atoms with van der Waals surface area (Å²) in [7, 11) is -3.74. The number of hydrogen-bond donors (Lipinski definition) is 0. The highest BCUT2D eigenvalue weighted by molar-refractivity contribution is 7.92. The smallest absolute Gasteiger partial charge is 0.264 e. The molecule has 0 saturated carbocycles. The zero-order valence-corrected chi connectivity index (χ0v) is 15.9. The molecule has 0 N–H and O–H groups in total. The van der Waals surface area contributed by atoms with Crippen molar-refractivity contribution in [3.63, 3.8) is 0 Å². The Morgan fingerprint density at radius 1 is 1.23 bits per heavy atom. The molecule has 0 spiro atoms. The first-order chi connectivity index (χ1) is 12.3. The van der Waals surface area contributed by atoms with Crippen LogP contribution in [0.2, 0.25) is 0 Å². The van der Waals surface area contributed by atoms with Gasteiger partial charge in [0.05, 0.1) is 22.8 Å². The summed E-state index contributed by atoms with van der Waals surface area (Å²) in [5.74, 6) is 0.306. The van der Waals surface area contributed by atoms with Crippen LogP contribution >= 0.6 is 0 Å². The second kappa shape index (κ2) is 6.99. The molecule has 26 heavy (non-hydrogen) atoms. The van der Waals surface area contributed by atoms with Gasteiger partial charge in [-0.1, -0.05) is 18.2 Å². The van der Waals surface area contributed by atoms with E-state index in [-0.39, 0.29) is 16.9 Å². The molecule has 2 aromatic carbocycles. The fourth-order valence-corrected chi connectivity index (χ4v) is 4.58. The van der Waals surface area contributed by atoms with E-state index in [4.69, 9.17) is 4.74 Å². The molecule has 138 valence electrons. The van der Waals surface area contributed by atoms with Crippen LogP contribution in [0.4, 0.5) is 11.4 Å². The van der Waals surface area contributed by atoms with Crippen molar-refractivity contribution in [1.29, 1.82) is 0 Å². The van der Waals surface area contributed by atoms with Gasteiger partial charge in [0, 0.05) is 19.5 Å². The summed E-state index contributed by atoms with van der Waals surface area (Å²) in [4.78, 5) is 13.6. The summed E-state index contributed by atoms with van der Waals surface area (Å²) in [6.07, 6.45) is -0.208. The Kier molecular flexibility index (Phi) is 4.91. The molecule has 0 radical (unpaired) electrons. The van der Waals surface area contributed by atoms with Crippen LogP contribution in [0.1, 0.15) is 20.8 Å². The van der Waals surface area contributed by atoms with Crippen molar-refractivity contribution in [2.24, 2.45) is 0 Å². The van der Waals surface area contributed by atoms with E-state index in [1.165, 1.54) is 23.4 Å². The maximum absolute atomic E-state index is 13.1. The van der Waals surface area contributed by atoms with Gasteiger partial charge in [0.15, 0.2) is 0 Å². The van der Waals surface area contributed by atoms with Crippen LogP contribution in [-0.2, 0) is 14.8 Å². The third kappa shape index (κ3) is 3.26. The van der Waals surface area contributed by atoms with Crippen molar-refractivity contribution >= 4 is 27.3 Å². The van der Waals surface area contributed by atoms with Gasteiger partial charge in [-0.3, -0.25) is 9.10 Å². The topological polar surface area (TPSA) is 66.9 Å². The summed E-state index contributed by atoms with van der Waals surface area (Å²) < 4.78 is 33.4. The summed E-state index contributed by atoms with van der Waals surface area (Å²) in [5.41, 5.74) is 1.20. The Morgan fingerprint density at radius 3 is 2.54 bits per heavy atom. The monoisotopic (exact) mass is 374 g/mol. The number of para-hydroxylation sites is 1. The third-order valence-electron chi connectivity index (χ3n) is 4.29. The fraction of sp³-hybridized carbons (Fsp3) is 0.316. The molecule has 0 saturated heterocycles. The molecule has 3 rings (SSSR count). The number of anilines is 2. The number of sulfonamides is 1. The maximum Gasteiger partial charge on any atom is 0.264 e. The molecule has 1 aliphatic heterocycles. The number of amides is 1. The number of benzene rings is 2. The molecule has 1 amide bonds. The molecular weight excluding hydrogens is 352 g/mol. The van der Waals surface area contributed by atoms with Crippen LogP contribution in [0.15, 0.2) is 53.4 Å². The van der Waals surface area contributed by atoms with Gasteiger partial charge in [-0.15, -0.1) is 0 Å². The molecule has 0 bridgehead atoms. The van der Waals surface area contributed by atoms with Gasteiger partial charge >= 0.3 is 0 Å². The van der Waals surface area contributed by atoms with Crippen molar-refractivity contribution in [3.05, 3.63) is 48.5 Å². The molecule has 6 nitrogen and oxygen atoms in total. The van der Waals surface area contributed by atoms with Gasteiger partial charge in [0.25, 0.3) is 10.0 Å². The fourth-order valence-electron chi connectivity index (χ4n) is 3.09. The molecule has 0 aromatic heterocycles. The SMILES string of the molecule is CCN(c1ccccc1)S(=O)(=O)c1ccc2c(c1)OC(C)CN2C(C)=O. The predicted molar refractivity (Wildman–Crippen MR) is 101 cm³/mol. The quantitative estimate of drug-likeness (QED) is 0.825. The van der Waals surface area contributed by atoms with Crippen LogP contribution in [0.5, 0.6) is 5.75 Å². The molecule has 7 heteroatoms. The average Bonchev–Trinajstić information content (AvgIpc) is 2.61. The van der Waals surface area contributed by atoms with Crippen molar-refractivity contribution < 1.29 is 17.9 Å². The van der Waals surface area contributed by atoms with E-state index in [1.807, 2.05) is 13.0 Å². The van der Waals surface area contributed by atoms with E-state index in [0.29, 0.717) is 30.2 Å². The Labute approximate surface area is 154 Å². The molecule has 1 heterocycles. The van der Waals surface area contributed by atoms with E-state index in [9.17, 15) is 13.2 Å². The zero-order valence-electron chi connectivity index (χ0n) is 15.0. The lowest BCUT2D eigenvalue weighted by molar-refractivity contribution is -0.117. The van der Waals surface area contributed by atoms with Crippen molar-refractivity contribution in [2.75, 3.05) is 22.3 Å². The number of carbonyl (C=O) groups is 1. The van der Waals surface area contributed by atoms with E-state index in [0.717, 1.165) is 0 Å². The van der Waals surface area contributed by atoms with Crippen LogP contribution in [0.25, 0.3) is 0 Å². The van der Waals surface area contributed by atoms with Crippen molar-refractivity contribution in [2.45, 2.75) is 31.8 Å². The predicted octanol–water partition coefficient (Wildman–Crippen LogP) is 3.04. The van der Waals surface area contributed by atoms with Gasteiger partial charge < -0.3 is 9.64 Å². The van der Waals surface area contributed by atoms with E-state index in [1.54, 1.807) is 42.2 Å². The highest BCUT2D eigenvalue weighted by Crippen LogP contribution is 2.36. The second-order valence-electron chi connectivity index (χ2n) is 6.19. The highest BCUT2D eigenvalue weighted by Gasteiger charge is 2.29. The van der Waals surface area contributed by atoms with Crippen molar-refractivity contribution in [1.82, 2.24) is 0 Å². The Hall–Kier alpha value is -2.54. The number of fused-ring (bicyclic) bond motifs is 1. The van der Waals surface area contributed by atoms with Gasteiger partial charge in [-0.2, -0.15) is 0 Å². The first kappa shape index (κ1) is 18.3. The first-order valence-corrected chi connectivity index (χ1v) is 9.95. The van der Waals surface area contributed by atoms with E-state index in [2.05, 4.69) is 0 Å². The number of hydrogen-bond acceptors (Lipinski definition) is 4. The second-order valence-corrected chi connectivity index (χ2v) is 8.06. The zero-order chi connectivity index (χ0) is 18.9. The van der Waals surface area contributed by atoms with E-state index < -0.39 is 10.0 Å². The molecule has 1 aliphatic rings. The van der Waals surface area contributed by atoms with E-state index >= 15 is 0 Å². The van der Waals surface area contributed by atoms with Crippen LogP contribution < -0.4 is 13.9 Å². The van der Waals surface area contributed by atoms with Crippen LogP contribution in [-0.4, -0.2) is 33.5 Å². The summed E-state index contributed by atoms with van der Waals surface area (Å²) in [5, 5.41) is 0. The van der Waals surface area contributed by atoms with Crippen LogP contribution in [0.3, 0.4) is 0 Å². The Balaban J connectivity index is 2.04. The number of carbonyl (C=O) groups excluding carboxylic acids is 1. The maximum atomic E-state index is 13.1. The molecule has 0 fully saturated rings. The van der Waals surface area contributed by atoms with Crippen LogP contribution in [0, 0.1) is 0 Å². The largest absolute Gasteiger partial charge is 0.487 e. The molecule has 2 aromatic rings. The number of ether oxygens (including phenoxy) is 1. The third-order valence-corrected chi connectivity index (χ3v) is 6.19. The minimum absolute atomic E-state index is 0.100. The Bertz CT molecular complexity index is 912. The standard InChI is InChI=1S/C19H22N2O4S/c1-4-21(16-8-6-5-7-9-16)26(23,24)17-10-11-18-19(12-17)25-14(2)13-20(18)15(3)22/h5-12,14H,4,13H2,1-3H3. The number of nitrogens with zero attached hydrogens (tertiary/aromatic N) is 2. The minimum Gasteiger partial charge on any atom is -0.487 e. The lowest BCUT2D eigenvalue weighted by Gasteiger charge is -2.33. The summed E-state index contributed by atoms with van der Waals surface area (Å²) >= 11 is 0. The van der Waals surface area contributed by atoms with Crippen molar-refractivity contribution in [3.8, 4) is 5.75 Å². The molecule has 1 unspecified atom stereocenters. The number of rotatable bonds is 4. The lowest BCUT2D eigenvalue weighted by atomic mass is 10.2. The Morgan fingerprint density at radius 2 is 1.92 bits per heavy atom. The highest BCUT2D eigenvalue weighted by atomic mass is 32.2. The molecule has 1 atom stereocenters. The van der Waals surface area contributed by atoms with Gasteiger partial charge in [0.1, 0.15) is 11.9 Å². The lowest BCUT2D eigenvalue weighted by Crippen LogP contribution is -2.41. The summed E-state index contributed by atoms with van der Waals surface area (Å²) in [6.45, 7) is 5.88. The van der Waals surface area contributed by atoms with Gasteiger partial charge in [-0.25, -0.2) is 8.42 Å².